The highest BCUT2D eigenvalue weighted by atomic mass is 32.2. The Bertz CT molecular complexity index is 1140. The Morgan fingerprint density at radius 1 is 1.03 bits per heavy atom. The molecule has 36 heavy (non-hydrogen) atoms. The normalized spacial score (nSPS) is 13.2. The zero-order chi connectivity index (χ0) is 26.1. The minimum Gasteiger partial charge on any atom is -0.454 e. The Balaban J connectivity index is 1.92. The van der Waals surface area contributed by atoms with Gasteiger partial charge in [-0.05, 0) is 37.5 Å². The molecule has 9 nitrogen and oxygen atoms in total. The number of sulfonamides is 1. The summed E-state index contributed by atoms with van der Waals surface area (Å²) in [6, 6.07) is 13.4. The fourth-order valence-corrected chi connectivity index (χ4v) is 5.02. The predicted octanol–water partition coefficient (Wildman–Crippen LogP) is 3.30. The van der Waals surface area contributed by atoms with Gasteiger partial charge in [0, 0.05) is 19.2 Å². The maximum atomic E-state index is 13.7. The van der Waals surface area contributed by atoms with Crippen LogP contribution in [-0.2, 0) is 26.2 Å². The van der Waals surface area contributed by atoms with Crippen LogP contribution in [0.15, 0.2) is 48.5 Å². The van der Waals surface area contributed by atoms with E-state index in [0.29, 0.717) is 30.2 Å². The molecule has 0 radical (unpaired) electrons. The zero-order valence-electron chi connectivity index (χ0n) is 21.1. The van der Waals surface area contributed by atoms with E-state index in [9.17, 15) is 18.0 Å². The number of carbonyl (C=O) groups is 2. The van der Waals surface area contributed by atoms with Crippen molar-refractivity contribution in [3.63, 3.8) is 0 Å². The molecule has 0 saturated carbocycles. The molecule has 1 heterocycles. The zero-order valence-corrected chi connectivity index (χ0v) is 21.9. The van der Waals surface area contributed by atoms with Gasteiger partial charge in [0.25, 0.3) is 0 Å². The van der Waals surface area contributed by atoms with Crippen LogP contribution in [-0.4, -0.2) is 56.8 Å². The highest BCUT2D eigenvalue weighted by Crippen LogP contribution is 2.36. The second-order valence-electron chi connectivity index (χ2n) is 8.52. The van der Waals surface area contributed by atoms with Crippen LogP contribution in [0.2, 0.25) is 0 Å². The fraction of sp³-hybridized carbons (Fsp3) is 0.462. The SMILES string of the molecule is CCCCNC(=O)C(CC)N(Cc1ccccc1)C(=O)CN(c1ccc2c(c1)OCO2)S(=O)(=O)CC. The van der Waals surface area contributed by atoms with E-state index in [1.165, 1.54) is 11.8 Å². The quantitative estimate of drug-likeness (QED) is 0.409. The molecule has 10 heteroatoms. The molecule has 0 aliphatic carbocycles. The van der Waals surface area contributed by atoms with E-state index in [0.717, 1.165) is 22.7 Å². The Morgan fingerprint density at radius 2 is 1.75 bits per heavy atom. The van der Waals surface area contributed by atoms with Crippen LogP contribution >= 0.6 is 0 Å². The lowest BCUT2D eigenvalue weighted by molar-refractivity contribution is -0.140. The van der Waals surface area contributed by atoms with Gasteiger partial charge in [-0.3, -0.25) is 13.9 Å². The number of hydrogen-bond acceptors (Lipinski definition) is 6. The van der Waals surface area contributed by atoms with Crippen LogP contribution < -0.4 is 19.1 Å². The van der Waals surface area contributed by atoms with Gasteiger partial charge in [-0.2, -0.15) is 0 Å². The van der Waals surface area contributed by atoms with Gasteiger partial charge in [0.1, 0.15) is 12.6 Å². The molecule has 0 aromatic heterocycles. The van der Waals surface area contributed by atoms with Crippen LogP contribution in [0, 0.1) is 0 Å². The first-order chi connectivity index (χ1) is 17.3. The number of nitrogens with zero attached hydrogens (tertiary/aromatic N) is 2. The topological polar surface area (TPSA) is 105 Å². The van der Waals surface area contributed by atoms with E-state index >= 15 is 0 Å². The lowest BCUT2D eigenvalue weighted by Crippen LogP contribution is -2.52. The van der Waals surface area contributed by atoms with Gasteiger partial charge < -0.3 is 19.7 Å². The van der Waals surface area contributed by atoms with E-state index in [2.05, 4.69) is 5.32 Å². The van der Waals surface area contributed by atoms with Gasteiger partial charge in [0.15, 0.2) is 11.5 Å². The van der Waals surface area contributed by atoms with Gasteiger partial charge >= 0.3 is 0 Å². The molecular weight excluding hydrogens is 482 g/mol. The molecule has 3 rings (SSSR count). The van der Waals surface area contributed by atoms with Gasteiger partial charge in [0.05, 0.1) is 11.4 Å². The Morgan fingerprint density at radius 3 is 2.42 bits per heavy atom. The number of carbonyl (C=O) groups excluding carboxylic acids is 2. The van der Waals surface area contributed by atoms with E-state index in [-0.39, 0.29) is 25.0 Å². The standard InChI is InChI=1S/C26H35N3O6S/c1-4-7-15-27-26(31)22(5-2)28(17-20-11-9-8-10-12-20)25(30)18-29(36(32,33)6-3)21-13-14-23-24(16-21)35-19-34-23/h8-14,16,22H,4-7,15,17-19H2,1-3H3,(H,27,31). The monoisotopic (exact) mass is 517 g/mol. The van der Waals surface area contributed by atoms with Crippen LogP contribution in [0.4, 0.5) is 5.69 Å². The molecule has 2 amide bonds. The van der Waals surface area contributed by atoms with Crippen molar-refractivity contribution in [3.05, 3.63) is 54.1 Å². The lowest BCUT2D eigenvalue weighted by Gasteiger charge is -2.33. The average molecular weight is 518 g/mol. The number of ether oxygens (including phenoxy) is 2. The molecule has 2 aromatic carbocycles. The van der Waals surface area contributed by atoms with Crippen molar-refractivity contribution < 1.29 is 27.5 Å². The average Bonchev–Trinajstić information content (AvgIpc) is 3.35. The third-order valence-electron chi connectivity index (χ3n) is 6.03. The summed E-state index contributed by atoms with van der Waals surface area (Å²) in [6.07, 6.45) is 2.16. The highest BCUT2D eigenvalue weighted by Gasteiger charge is 2.32. The van der Waals surface area contributed by atoms with Gasteiger partial charge in [-0.1, -0.05) is 50.6 Å². The summed E-state index contributed by atoms with van der Waals surface area (Å²) in [5, 5.41) is 2.92. The molecule has 196 valence electrons. The number of amides is 2. The fourth-order valence-electron chi connectivity index (χ4n) is 3.97. The molecule has 1 N–H and O–H groups in total. The predicted molar refractivity (Wildman–Crippen MR) is 138 cm³/mol. The van der Waals surface area contributed by atoms with Crippen molar-refractivity contribution in [1.82, 2.24) is 10.2 Å². The molecule has 1 aliphatic heterocycles. The largest absolute Gasteiger partial charge is 0.454 e. The number of anilines is 1. The Labute approximate surface area is 213 Å². The third kappa shape index (κ3) is 6.69. The molecule has 0 fully saturated rings. The van der Waals surface area contributed by atoms with E-state index in [1.807, 2.05) is 44.2 Å². The van der Waals surface area contributed by atoms with Crippen LogP contribution in [0.3, 0.4) is 0 Å². The van der Waals surface area contributed by atoms with Crippen molar-refractivity contribution in [1.29, 1.82) is 0 Å². The molecule has 1 aliphatic rings. The molecule has 1 atom stereocenters. The summed E-state index contributed by atoms with van der Waals surface area (Å²) in [6.45, 7) is 5.71. The summed E-state index contributed by atoms with van der Waals surface area (Å²) in [7, 11) is -3.81. The number of benzene rings is 2. The Kier molecular flexibility index (Phi) is 9.58. The van der Waals surface area contributed by atoms with Crippen molar-refractivity contribution in [2.24, 2.45) is 0 Å². The number of unbranched alkanes of at least 4 members (excludes halogenated alkanes) is 1. The summed E-state index contributed by atoms with van der Waals surface area (Å²) in [5.74, 6) is 0.0232. The first kappa shape index (κ1) is 27.3. The number of hydrogen-bond donors (Lipinski definition) is 1. The molecular formula is C26H35N3O6S. The minimum atomic E-state index is -3.81. The molecule has 0 saturated heterocycles. The van der Waals surface area contributed by atoms with Crippen LogP contribution in [0.25, 0.3) is 0 Å². The maximum absolute atomic E-state index is 13.7. The second-order valence-corrected chi connectivity index (χ2v) is 10.7. The van der Waals surface area contributed by atoms with Crippen LogP contribution in [0.5, 0.6) is 11.5 Å². The molecule has 0 spiro atoms. The minimum absolute atomic E-state index is 0.0500. The maximum Gasteiger partial charge on any atom is 0.244 e. The molecule has 2 aromatic rings. The lowest BCUT2D eigenvalue weighted by atomic mass is 10.1. The molecule has 1 unspecified atom stereocenters. The van der Waals surface area contributed by atoms with Gasteiger partial charge in [-0.25, -0.2) is 8.42 Å². The van der Waals surface area contributed by atoms with Gasteiger partial charge in [0.2, 0.25) is 28.6 Å². The Hall–Kier alpha value is -3.27. The van der Waals surface area contributed by atoms with Crippen molar-refractivity contribution in [3.8, 4) is 11.5 Å². The first-order valence-electron chi connectivity index (χ1n) is 12.3. The number of nitrogens with one attached hydrogen (secondary N) is 1. The van der Waals surface area contributed by atoms with Gasteiger partial charge in [-0.15, -0.1) is 0 Å². The summed E-state index contributed by atoms with van der Waals surface area (Å²) < 4.78 is 38.0. The van der Waals surface area contributed by atoms with Crippen molar-refractivity contribution >= 4 is 27.5 Å². The van der Waals surface area contributed by atoms with E-state index in [1.54, 1.807) is 18.2 Å². The summed E-state index contributed by atoms with van der Waals surface area (Å²) in [5.41, 5.74) is 1.15. The van der Waals surface area contributed by atoms with E-state index < -0.39 is 28.5 Å². The third-order valence-corrected chi connectivity index (χ3v) is 7.78. The smallest absolute Gasteiger partial charge is 0.244 e. The summed E-state index contributed by atoms with van der Waals surface area (Å²) in [4.78, 5) is 28.3. The first-order valence-corrected chi connectivity index (χ1v) is 13.9. The number of fused-ring (bicyclic) bond motifs is 1. The highest BCUT2D eigenvalue weighted by molar-refractivity contribution is 7.92. The van der Waals surface area contributed by atoms with Crippen molar-refractivity contribution in [2.75, 3.05) is 29.9 Å². The molecule has 0 bridgehead atoms. The second kappa shape index (κ2) is 12.6. The number of rotatable bonds is 13. The van der Waals surface area contributed by atoms with Crippen LogP contribution in [0.1, 0.15) is 45.6 Å². The summed E-state index contributed by atoms with van der Waals surface area (Å²) >= 11 is 0. The van der Waals surface area contributed by atoms with E-state index in [4.69, 9.17) is 9.47 Å². The van der Waals surface area contributed by atoms with Crippen molar-refractivity contribution in [2.45, 2.75) is 52.6 Å².